The molecular weight excluding hydrogens is 268 g/mol. The van der Waals surface area contributed by atoms with E-state index in [1.54, 1.807) is 0 Å². The lowest BCUT2D eigenvalue weighted by molar-refractivity contribution is -0.155. The summed E-state index contributed by atoms with van der Waals surface area (Å²) < 4.78 is 5.67. The van der Waals surface area contributed by atoms with Gasteiger partial charge < -0.3 is 9.84 Å². The first-order chi connectivity index (χ1) is 9.86. The Kier molecular flexibility index (Phi) is 5.20. The lowest BCUT2D eigenvalue weighted by Gasteiger charge is -2.36. The van der Waals surface area contributed by atoms with Crippen molar-refractivity contribution in [1.82, 2.24) is 0 Å². The van der Waals surface area contributed by atoms with Crippen LogP contribution in [0.25, 0.3) is 0 Å². The van der Waals surface area contributed by atoms with Gasteiger partial charge >= 0.3 is 5.97 Å². The van der Waals surface area contributed by atoms with E-state index in [9.17, 15) is 14.7 Å². The van der Waals surface area contributed by atoms with Crippen molar-refractivity contribution in [3.05, 3.63) is 11.6 Å². The van der Waals surface area contributed by atoms with E-state index < -0.39 is 6.10 Å². The minimum Gasteiger partial charge on any atom is -0.462 e. The third kappa shape index (κ3) is 4.16. The number of aliphatic hydroxyl groups excluding tert-OH is 1. The Labute approximate surface area is 126 Å². The summed E-state index contributed by atoms with van der Waals surface area (Å²) in [5.41, 5.74) is 0.400. The van der Waals surface area contributed by atoms with Crippen molar-refractivity contribution < 1.29 is 19.4 Å². The molecule has 0 aromatic rings. The van der Waals surface area contributed by atoms with Gasteiger partial charge in [-0.2, -0.15) is 0 Å². The van der Waals surface area contributed by atoms with Crippen LogP contribution >= 0.6 is 0 Å². The number of hydrogen-bond acceptors (Lipinski definition) is 4. The van der Waals surface area contributed by atoms with Crippen LogP contribution in [0.15, 0.2) is 11.6 Å². The van der Waals surface area contributed by atoms with Crippen LogP contribution in [0.5, 0.6) is 0 Å². The second kappa shape index (κ2) is 6.73. The van der Waals surface area contributed by atoms with Crippen molar-refractivity contribution in [2.75, 3.05) is 0 Å². The fourth-order valence-electron chi connectivity index (χ4n) is 3.48. The fraction of sp³-hybridized carbons (Fsp3) is 0.765. The maximum atomic E-state index is 12.1. The molecule has 0 aromatic heterocycles. The molecule has 0 bridgehead atoms. The smallest absolute Gasteiger partial charge is 0.310 e. The molecule has 0 saturated heterocycles. The molecule has 4 atom stereocenters. The topological polar surface area (TPSA) is 63.6 Å². The van der Waals surface area contributed by atoms with E-state index in [2.05, 4.69) is 20.8 Å². The predicted molar refractivity (Wildman–Crippen MR) is 79.6 cm³/mol. The van der Waals surface area contributed by atoms with E-state index in [0.29, 0.717) is 23.3 Å². The molecule has 2 rings (SSSR count). The first-order valence-corrected chi connectivity index (χ1v) is 7.98. The van der Waals surface area contributed by atoms with E-state index in [1.165, 1.54) is 12.5 Å². The first-order valence-electron chi connectivity index (χ1n) is 7.98. The molecule has 1 saturated carbocycles. The second-order valence-corrected chi connectivity index (χ2v) is 6.92. The van der Waals surface area contributed by atoms with Gasteiger partial charge in [-0.05, 0) is 36.7 Å². The monoisotopic (exact) mass is 294 g/mol. The molecule has 0 heterocycles. The number of ether oxygens (including phenoxy) is 1. The Bertz CT molecular complexity index is 438. The largest absolute Gasteiger partial charge is 0.462 e. The summed E-state index contributed by atoms with van der Waals surface area (Å²) in [6, 6.07) is 0. The lowest BCUT2D eigenvalue weighted by atomic mass is 9.75. The number of aliphatic hydroxyl groups is 1. The number of rotatable bonds is 4. The van der Waals surface area contributed by atoms with Crippen molar-refractivity contribution in [2.45, 2.75) is 65.1 Å². The second-order valence-electron chi connectivity index (χ2n) is 6.92. The van der Waals surface area contributed by atoms with Gasteiger partial charge in [-0.15, -0.1) is 0 Å². The number of Topliss-reactive ketones (excluding diaryl/α,β-unsaturated/α-hetero) is 1. The standard InChI is InChI=1S/C17H26O4/c1-10(2)14-5-4-11(3)6-16(14)21-17(20)8-12-7-13(18)9-15(12)19/h7,10-11,13-14,16,18H,4-6,8-9H2,1-3H3/t11-,13+,14+,16-/m1/s1. The van der Waals surface area contributed by atoms with Gasteiger partial charge in [-0.25, -0.2) is 0 Å². The van der Waals surface area contributed by atoms with Crippen molar-refractivity contribution in [3.8, 4) is 0 Å². The average Bonchev–Trinajstić information content (AvgIpc) is 2.67. The Morgan fingerprint density at radius 3 is 2.71 bits per heavy atom. The van der Waals surface area contributed by atoms with Crippen molar-refractivity contribution in [1.29, 1.82) is 0 Å². The highest BCUT2D eigenvalue weighted by molar-refractivity contribution is 6.01. The zero-order chi connectivity index (χ0) is 15.6. The lowest BCUT2D eigenvalue weighted by Crippen LogP contribution is -2.36. The molecule has 0 aromatic carbocycles. The highest BCUT2D eigenvalue weighted by Gasteiger charge is 2.34. The molecular formula is C17H26O4. The number of carbonyl (C=O) groups excluding carboxylic acids is 2. The van der Waals surface area contributed by atoms with E-state index in [-0.39, 0.29) is 30.7 Å². The summed E-state index contributed by atoms with van der Waals surface area (Å²) in [6.45, 7) is 6.53. The maximum Gasteiger partial charge on any atom is 0.310 e. The average molecular weight is 294 g/mol. The van der Waals surface area contributed by atoms with Gasteiger partial charge in [0.15, 0.2) is 5.78 Å². The van der Waals surface area contributed by atoms with Crippen molar-refractivity contribution in [3.63, 3.8) is 0 Å². The van der Waals surface area contributed by atoms with E-state index >= 15 is 0 Å². The van der Waals surface area contributed by atoms with Crippen molar-refractivity contribution in [2.24, 2.45) is 17.8 Å². The van der Waals surface area contributed by atoms with Gasteiger partial charge in [-0.1, -0.05) is 27.2 Å². The van der Waals surface area contributed by atoms with Gasteiger partial charge in [-0.3, -0.25) is 9.59 Å². The Morgan fingerprint density at radius 1 is 1.43 bits per heavy atom. The van der Waals surface area contributed by atoms with Crippen LogP contribution in [0, 0.1) is 17.8 Å². The summed E-state index contributed by atoms with van der Waals surface area (Å²) in [6.07, 6.45) is 3.98. The van der Waals surface area contributed by atoms with Crippen molar-refractivity contribution >= 4 is 11.8 Å². The Morgan fingerprint density at radius 2 is 2.14 bits per heavy atom. The zero-order valence-corrected chi connectivity index (χ0v) is 13.2. The van der Waals surface area contributed by atoms with Gasteiger partial charge in [0.2, 0.25) is 0 Å². The number of carbonyl (C=O) groups is 2. The quantitative estimate of drug-likeness (QED) is 0.810. The summed E-state index contributed by atoms with van der Waals surface area (Å²) >= 11 is 0. The van der Waals surface area contributed by atoms with Crippen LogP contribution in [0.3, 0.4) is 0 Å². The maximum absolute atomic E-state index is 12.1. The molecule has 0 aliphatic heterocycles. The highest BCUT2D eigenvalue weighted by atomic mass is 16.5. The van der Waals surface area contributed by atoms with Crippen LogP contribution in [0.4, 0.5) is 0 Å². The molecule has 0 spiro atoms. The van der Waals surface area contributed by atoms with Gasteiger partial charge in [0, 0.05) is 12.0 Å². The minimum atomic E-state index is -0.738. The van der Waals surface area contributed by atoms with E-state index in [0.717, 1.165) is 12.8 Å². The fourth-order valence-corrected chi connectivity index (χ4v) is 3.48. The molecule has 2 aliphatic rings. The molecule has 4 nitrogen and oxygen atoms in total. The third-order valence-corrected chi connectivity index (χ3v) is 4.73. The predicted octanol–water partition coefficient (Wildman–Crippen LogP) is 2.64. The van der Waals surface area contributed by atoms with Crippen LogP contribution in [-0.2, 0) is 14.3 Å². The molecule has 0 radical (unpaired) electrons. The molecule has 21 heavy (non-hydrogen) atoms. The summed E-state index contributed by atoms with van der Waals surface area (Å²) in [5.74, 6) is 0.991. The summed E-state index contributed by atoms with van der Waals surface area (Å²) in [7, 11) is 0. The molecule has 0 unspecified atom stereocenters. The Hall–Kier alpha value is -1.16. The summed E-state index contributed by atoms with van der Waals surface area (Å²) in [4.78, 5) is 23.7. The number of ketones is 1. The highest BCUT2D eigenvalue weighted by Crippen LogP contribution is 2.35. The molecule has 4 heteroatoms. The first kappa shape index (κ1) is 16.2. The molecule has 2 aliphatic carbocycles. The van der Waals surface area contributed by atoms with Gasteiger partial charge in [0.05, 0.1) is 12.5 Å². The SMILES string of the molecule is CC(C)[C@@H]1CC[C@@H](C)C[C@H]1OC(=O)CC1=C[C@H](O)CC1=O. The van der Waals surface area contributed by atoms with Crippen LogP contribution in [-0.4, -0.2) is 29.1 Å². The Balaban J connectivity index is 1.94. The van der Waals surface area contributed by atoms with E-state index in [1.807, 2.05) is 0 Å². The van der Waals surface area contributed by atoms with Crippen LogP contribution in [0.1, 0.15) is 52.9 Å². The number of esters is 1. The third-order valence-electron chi connectivity index (χ3n) is 4.73. The van der Waals surface area contributed by atoms with Crippen LogP contribution in [0.2, 0.25) is 0 Å². The molecule has 1 N–H and O–H groups in total. The molecule has 118 valence electrons. The van der Waals surface area contributed by atoms with E-state index in [4.69, 9.17) is 4.74 Å². The molecule has 1 fully saturated rings. The van der Waals surface area contributed by atoms with Gasteiger partial charge in [0.1, 0.15) is 6.10 Å². The normalized spacial score (nSPS) is 33.2. The zero-order valence-electron chi connectivity index (χ0n) is 13.2. The number of hydrogen-bond donors (Lipinski definition) is 1. The minimum absolute atomic E-state index is 0.00834. The molecule has 0 amide bonds. The van der Waals surface area contributed by atoms with Crippen LogP contribution < -0.4 is 0 Å². The van der Waals surface area contributed by atoms with Gasteiger partial charge in [0.25, 0.3) is 0 Å². The summed E-state index contributed by atoms with van der Waals surface area (Å²) in [5, 5.41) is 9.40.